The van der Waals surface area contributed by atoms with Crippen molar-refractivity contribution in [3.63, 3.8) is 0 Å². The van der Waals surface area contributed by atoms with Crippen LogP contribution in [0.2, 0.25) is 0 Å². The predicted molar refractivity (Wildman–Crippen MR) is 77.7 cm³/mol. The first-order valence-corrected chi connectivity index (χ1v) is 6.65. The summed E-state index contributed by atoms with van der Waals surface area (Å²) in [5.41, 5.74) is 3.86. The number of carbonyl (C=O) groups excluding carboxylic acids is 2. The van der Waals surface area contributed by atoms with Crippen molar-refractivity contribution >= 4 is 17.4 Å². The maximum Gasteiger partial charge on any atom is 0.291 e. The minimum Gasteiger partial charge on any atom is -0.319 e. The summed E-state index contributed by atoms with van der Waals surface area (Å²) in [6, 6.07) is 15.8. The number of Topliss-reactive ketones (excluding diaryl/α,β-unsaturated/α-hetero) is 1. The van der Waals surface area contributed by atoms with Crippen LogP contribution in [0.25, 0.3) is 0 Å². The Balaban J connectivity index is 2.15. The first kappa shape index (κ1) is 12.6. The van der Waals surface area contributed by atoms with Crippen molar-refractivity contribution in [1.29, 1.82) is 0 Å². The van der Waals surface area contributed by atoms with Crippen LogP contribution in [-0.2, 0) is 9.59 Å². The van der Waals surface area contributed by atoms with Gasteiger partial charge in [0, 0.05) is 18.0 Å². The Morgan fingerprint density at radius 1 is 1.05 bits per heavy atom. The van der Waals surface area contributed by atoms with Crippen LogP contribution in [0.4, 0.5) is 5.69 Å². The van der Waals surface area contributed by atoms with Crippen LogP contribution >= 0.6 is 0 Å². The molecule has 1 unspecified atom stereocenters. The largest absolute Gasteiger partial charge is 0.319 e. The maximum absolute atomic E-state index is 11.9. The number of hydrogen-bond acceptors (Lipinski definition) is 2. The van der Waals surface area contributed by atoms with Gasteiger partial charge in [0.05, 0.1) is 0 Å². The van der Waals surface area contributed by atoms with Crippen molar-refractivity contribution in [2.45, 2.75) is 19.3 Å². The molecule has 0 aliphatic carbocycles. The molecular weight excluding hydrogens is 250 g/mol. The topological polar surface area (TPSA) is 46.2 Å². The van der Waals surface area contributed by atoms with Crippen LogP contribution in [0, 0.1) is 6.92 Å². The van der Waals surface area contributed by atoms with Crippen LogP contribution in [-0.4, -0.2) is 11.7 Å². The van der Waals surface area contributed by atoms with Crippen molar-refractivity contribution < 1.29 is 9.59 Å². The molecule has 20 heavy (non-hydrogen) atoms. The Hall–Kier alpha value is -2.42. The zero-order valence-corrected chi connectivity index (χ0v) is 11.2. The Kier molecular flexibility index (Phi) is 3.11. The molecule has 0 spiro atoms. The average Bonchev–Trinajstić information content (AvgIpc) is 2.57. The predicted octanol–water partition coefficient (Wildman–Crippen LogP) is 3.04. The lowest BCUT2D eigenvalue weighted by Gasteiger charge is -2.17. The third-order valence-electron chi connectivity index (χ3n) is 3.68. The van der Waals surface area contributed by atoms with Gasteiger partial charge < -0.3 is 5.32 Å². The van der Waals surface area contributed by atoms with Gasteiger partial charge in [0.2, 0.25) is 5.78 Å². The Bertz CT molecular complexity index is 677. The van der Waals surface area contributed by atoms with Gasteiger partial charge >= 0.3 is 0 Å². The highest BCUT2D eigenvalue weighted by molar-refractivity contribution is 6.41. The fraction of sp³-hybridized carbons (Fsp3) is 0.176. The van der Waals surface area contributed by atoms with Crippen LogP contribution in [0.15, 0.2) is 48.5 Å². The van der Waals surface area contributed by atoms with Crippen LogP contribution < -0.4 is 5.32 Å². The molecule has 0 fully saturated rings. The van der Waals surface area contributed by atoms with Gasteiger partial charge in [-0.2, -0.15) is 0 Å². The number of amides is 1. The van der Waals surface area contributed by atoms with Gasteiger partial charge in [-0.3, -0.25) is 9.59 Å². The van der Waals surface area contributed by atoms with E-state index in [-0.39, 0.29) is 18.1 Å². The molecular formula is C17H15NO2. The summed E-state index contributed by atoms with van der Waals surface area (Å²) < 4.78 is 0. The Morgan fingerprint density at radius 2 is 1.80 bits per heavy atom. The molecule has 1 aliphatic heterocycles. The lowest BCUT2D eigenvalue weighted by molar-refractivity contribution is -0.134. The summed E-state index contributed by atoms with van der Waals surface area (Å²) in [5, 5.41) is 2.72. The van der Waals surface area contributed by atoms with E-state index in [0.29, 0.717) is 0 Å². The van der Waals surface area contributed by atoms with E-state index in [0.717, 1.165) is 22.4 Å². The molecule has 100 valence electrons. The van der Waals surface area contributed by atoms with Gasteiger partial charge in [0.15, 0.2) is 0 Å². The van der Waals surface area contributed by atoms with E-state index in [1.807, 2.05) is 55.5 Å². The summed E-state index contributed by atoms with van der Waals surface area (Å²) in [4.78, 5) is 23.7. The number of carbonyl (C=O) groups is 2. The molecule has 0 saturated heterocycles. The van der Waals surface area contributed by atoms with Crippen LogP contribution in [0.5, 0.6) is 0 Å². The van der Waals surface area contributed by atoms with Crippen LogP contribution in [0.1, 0.15) is 29.0 Å². The number of fused-ring (bicyclic) bond motifs is 1. The maximum atomic E-state index is 11.9. The molecule has 0 bridgehead atoms. The summed E-state index contributed by atoms with van der Waals surface area (Å²) in [5.74, 6) is -0.957. The molecule has 0 radical (unpaired) electrons. The number of aryl methyl sites for hydroxylation is 1. The van der Waals surface area contributed by atoms with Crippen molar-refractivity contribution in [2.24, 2.45) is 0 Å². The average molecular weight is 265 g/mol. The second-order valence-electron chi connectivity index (χ2n) is 5.14. The third kappa shape index (κ3) is 2.23. The summed E-state index contributed by atoms with van der Waals surface area (Å²) in [7, 11) is 0. The van der Waals surface area contributed by atoms with E-state index in [1.54, 1.807) is 0 Å². The zero-order chi connectivity index (χ0) is 14.1. The molecule has 1 amide bonds. The number of anilines is 1. The van der Waals surface area contributed by atoms with E-state index in [2.05, 4.69) is 5.32 Å². The lowest BCUT2D eigenvalue weighted by atomic mass is 9.87. The summed E-state index contributed by atoms with van der Waals surface area (Å²) in [6.45, 7) is 1.97. The van der Waals surface area contributed by atoms with E-state index < -0.39 is 5.91 Å². The third-order valence-corrected chi connectivity index (χ3v) is 3.68. The van der Waals surface area contributed by atoms with Crippen molar-refractivity contribution in [1.82, 2.24) is 0 Å². The van der Waals surface area contributed by atoms with E-state index in [9.17, 15) is 9.59 Å². The van der Waals surface area contributed by atoms with Gasteiger partial charge in [0.1, 0.15) is 0 Å². The molecule has 1 N–H and O–H groups in total. The number of ketones is 1. The fourth-order valence-electron chi connectivity index (χ4n) is 2.65. The number of hydrogen-bond donors (Lipinski definition) is 1. The second kappa shape index (κ2) is 4.93. The summed E-state index contributed by atoms with van der Waals surface area (Å²) >= 11 is 0. The molecule has 2 aromatic carbocycles. The van der Waals surface area contributed by atoms with Crippen molar-refractivity contribution in [3.05, 3.63) is 65.2 Å². The quantitative estimate of drug-likeness (QED) is 0.805. The van der Waals surface area contributed by atoms with E-state index in [1.165, 1.54) is 0 Å². The highest BCUT2D eigenvalue weighted by atomic mass is 16.2. The van der Waals surface area contributed by atoms with Crippen LogP contribution in [0.3, 0.4) is 0 Å². The lowest BCUT2D eigenvalue weighted by Crippen LogP contribution is -2.21. The molecule has 0 aromatic heterocycles. The minimum absolute atomic E-state index is 0.0711. The van der Waals surface area contributed by atoms with Gasteiger partial charge in [-0.05, 0) is 29.7 Å². The van der Waals surface area contributed by atoms with Gasteiger partial charge in [0.25, 0.3) is 5.91 Å². The standard InChI is InChI=1S/C17H15NO2/c1-11-7-8-13-14(12-5-3-2-4-6-12)10-16(19)17(20)18-15(13)9-11/h2-9,14H,10H2,1H3,(H,18,20). The fourth-order valence-corrected chi connectivity index (χ4v) is 2.65. The van der Waals surface area contributed by atoms with Gasteiger partial charge in [-0.15, -0.1) is 0 Å². The van der Waals surface area contributed by atoms with Gasteiger partial charge in [-0.1, -0.05) is 42.5 Å². The van der Waals surface area contributed by atoms with E-state index >= 15 is 0 Å². The highest BCUT2D eigenvalue weighted by Crippen LogP contribution is 2.35. The molecule has 1 aliphatic rings. The minimum atomic E-state index is -0.518. The molecule has 3 heteroatoms. The van der Waals surface area contributed by atoms with E-state index in [4.69, 9.17) is 0 Å². The molecule has 3 rings (SSSR count). The van der Waals surface area contributed by atoms with Crippen molar-refractivity contribution in [3.8, 4) is 0 Å². The Morgan fingerprint density at radius 3 is 2.55 bits per heavy atom. The number of rotatable bonds is 1. The summed E-state index contributed by atoms with van der Waals surface area (Å²) in [6.07, 6.45) is 0.214. The smallest absolute Gasteiger partial charge is 0.291 e. The normalized spacial score (nSPS) is 18.1. The molecule has 1 heterocycles. The molecule has 0 saturated carbocycles. The molecule has 3 nitrogen and oxygen atoms in total. The first-order chi connectivity index (χ1) is 9.65. The van der Waals surface area contributed by atoms with Crippen molar-refractivity contribution in [2.75, 3.05) is 5.32 Å². The Labute approximate surface area is 117 Å². The van der Waals surface area contributed by atoms with Gasteiger partial charge in [-0.25, -0.2) is 0 Å². The second-order valence-corrected chi connectivity index (χ2v) is 5.14. The molecule has 1 atom stereocenters. The monoisotopic (exact) mass is 265 g/mol. The number of nitrogens with one attached hydrogen (secondary N) is 1. The SMILES string of the molecule is Cc1ccc2c(c1)NC(=O)C(=O)CC2c1ccccc1. The zero-order valence-electron chi connectivity index (χ0n) is 11.2. The molecule has 2 aromatic rings. The first-order valence-electron chi connectivity index (χ1n) is 6.65. The number of benzene rings is 2. The highest BCUT2D eigenvalue weighted by Gasteiger charge is 2.28.